The number of benzene rings is 2. The monoisotopic (exact) mass is 240 g/mol. The number of carbonyl (C=O) groups is 1. The van der Waals surface area contributed by atoms with Gasteiger partial charge in [-0.3, -0.25) is 4.79 Å². The molecule has 0 aliphatic rings. The summed E-state index contributed by atoms with van der Waals surface area (Å²) in [7, 11) is 0. The number of hydrogen-bond donors (Lipinski definition) is 0. The van der Waals surface area contributed by atoms with E-state index in [4.69, 9.17) is 4.74 Å². The summed E-state index contributed by atoms with van der Waals surface area (Å²) in [5.41, 5.74) is 2.92. The van der Waals surface area contributed by atoms with E-state index in [0.717, 1.165) is 24.0 Å². The molecule has 0 atom stereocenters. The van der Waals surface area contributed by atoms with Crippen molar-refractivity contribution in [3.63, 3.8) is 0 Å². The van der Waals surface area contributed by atoms with Crippen molar-refractivity contribution in [2.75, 3.05) is 6.61 Å². The first-order valence-corrected chi connectivity index (χ1v) is 6.02. The van der Waals surface area contributed by atoms with Crippen LogP contribution in [0.1, 0.15) is 21.5 Å². The summed E-state index contributed by atoms with van der Waals surface area (Å²) in [6, 6.07) is 15.8. The van der Waals surface area contributed by atoms with E-state index >= 15 is 0 Å². The maximum atomic E-state index is 10.7. The third kappa shape index (κ3) is 3.20. The van der Waals surface area contributed by atoms with Crippen molar-refractivity contribution in [3.05, 3.63) is 65.2 Å². The van der Waals surface area contributed by atoms with Crippen LogP contribution in [0.3, 0.4) is 0 Å². The number of hydrogen-bond acceptors (Lipinski definition) is 2. The summed E-state index contributed by atoms with van der Waals surface area (Å²) in [6.45, 7) is 2.55. The van der Waals surface area contributed by atoms with Crippen molar-refractivity contribution < 1.29 is 9.53 Å². The highest BCUT2D eigenvalue weighted by molar-refractivity contribution is 5.77. The molecule has 92 valence electrons. The normalized spacial score (nSPS) is 10.1. The van der Waals surface area contributed by atoms with Gasteiger partial charge in [0, 0.05) is 12.0 Å². The molecule has 0 fully saturated rings. The first-order chi connectivity index (χ1) is 8.79. The quantitative estimate of drug-likeness (QED) is 0.748. The molecule has 0 spiro atoms. The second-order valence-electron chi connectivity index (χ2n) is 4.22. The molecule has 2 heteroatoms. The molecule has 0 saturated heterocycles. The summed E-state index contributed by atoms with van der Waals surface area (Å²) in [5.74, 6) is 0.814. The van der Waals surface area contributed by atoms with Crippen LogP contribution >= 0.6 is 0 Å². The highest BCUT2D eigenvalue weighted by atomic mass is 16.5. The minimum Gasteiger partial charge on any atom is -0.493 e. The molecule has 0 amide bonds. The van der Waals surface area contributed by atoms with Crippen molar-refractivity contribution >= 4 is 6.29 Å². The van der Waals surface area contributed by atoms with E-state index < -0.39 is 0 Å². The Morgan fingerprint density at radius 1 is 1.11 bits per heavy atom. The van der Waals surface area contributed by atoms with Gasteiger partial charge in [0.15, 0.2) is 0 Å². The zero-order valence-electron chi connectivity index (χ0n) is 10.4. The van der Waals surface area contributed by atoms with Gasteiger partial charge < -0.3 is 4.74 Å². The van der Waals surface area contributed by atoms with Crippen LogP contribution in [0.4, 0.5) is 0 Å². The zero-order valence-corrected chi connectivity index (χ0v) is 10.4. The number of rotatable bonds is 5. The third-order valence-corrected chi connectivity index (χ3v) is 2.87. The molecule has 0 heterocycles. The number of ether oxygens (including phenoxy) is 1. The first-order valence-electron chi connectivity index (χ1n) is 6.02. The second kappa shape index (κ2) is 6.01. The molecule has 0 aliphatic heterocycles. The molecule has 0 bridgehead atoms. The second-order valence-corrected chi connectivity index (χ2v) is 4.22. The topological polar surface area (TPSA) is 26.3 Å². The lowest BCUT2D eigenvalue weighted by Gasteiger charge is -2.08. The Hall–Kier alpha value is -2.09. The van der Waals surface area contributed by atoms with Gasteiger partial charge in [-0.1, -0.05) is 30.3 Å². The van der Waals surface area contributed by atoms with E-state index in [1.54, 1.807) is 6.07 Å². The fourth-order valence-electron chi connectivity index (χ4n) is 1.80. The molecule has 18 heavy (non-hydrogen) atoms. The van der Waals surface area contributed by atoms with Crippen LogP contribution in [-0.4, -0.2) is 12.9 Å². The SMILES string of the molecule is Cc1cc(OCCc2ccccc2)ccc1C=O. The zero-order chi connectivity index (χ0) is 12.8. The summed E-state index contributed by atoms with van der Waals surface area (Å²) >= 11 is 0. The van der Waals surface area contributed by atoms with Crippen molar-refractivity contribution in [3.8, 4) is 5.75 Å². The van der Waals surface area contributed by atoms with E-state index in [0.29, 0.717) is 12.2 Å². The lowest BCUT2D eigenvalue weighted by molar-refractivity contribution is 0.112. The Morgan fingerprint density at radius 2 is 1.89 bits per heavy atom. The molecule has 0 radical (unpaired) electrons. The van der Waals surface area contributed by atoms with Gasteiger partial charge in [0.05, 0.1) is 6.61 Å². The van der Waals surface area contributed by atoms with Crippen molar-refractivity contribution in [2.45, 2.75) is 13.3 Å². The standard InChI is InChI=1S/C16H16O2/c1-13-11-16(8-7-15(13)12-17)18-10-9-14-5-3-2-4-6-14/h2-8,11-12H,9-10H2,1H3. The average molecular weight is 240 g/mol. The lowest BCUT2D eigenvalue weighted by atomic mass is 10.1. The molecule has 0 aliphatic carbocycles. The molecule has 2 nitrogen and oxygen atoms in total. The molecular formula is C16H16O2. The Labute approximate surface area is 107 Å². The van der Waals surface area contributed by atoms with Gasteiger partial charge in [0.1, 0.15) is 12.0 Å². The van der Waals surface area contributed by atoms with E-state index in [-0.39, 0.29) is 0 Å². The summed E-state index contributed by atoms with van der Waals surface area (Å²) < 4.78 is 5.67. The van der Waals surface area contributed by atoms with Gasteiger partial charge in [0.25, 0.3) is 0 Å². The minimum atomic E-state index is 0.643. The van der Waals surface area contributed by atoms with E-state index in [1.807, 2.05) is 37.3 Å². The summed E-state index contributed by atoms with van der Waals surface area (Å²) in [6.07, 6.45) is 1.75. The molecule has 0 aromatic heterocycles. The van der Waals surface area contributed by atoms with Gasteiger partial charge in [-0.2, -0.15) is 0 Å². The minimum absolute atomic E-state index is 0.643. The molecule has 0 saturated carbocycles. The Morgan fingerprint density at radius 3 is 2.56 bits per heavy atom. The van der Waals surface area contributed by atoms with Crippen molar-refractivity contribution in [1.82, 2.24) is 0 Å². The third-order valence-electron chi connectivity index (χ3n) is 2.87. The van der Waals surface area contributed by atoms with Gasteiger partial charge >= 0.3 is 0 Å². The average Bonchev–Trinajstić information content (AvgIpc) is 2.40. The fraction of sp³-hybridized carbons (Fsp3) is 0.188. The lowest BCUT2D eigenvalue weighted by Crippen LogP contribution is -2.01. The van der Waals surface area contributed by atoms with Gasteiger partial charge in [-0.25, -0.2) is 0 Å². The Kier molecular flexibility index (Phi) is 4.13. The Bertz CT molecular complexity index is 518. The van der Waals surface area contributed by atoms with Crippen molar-refractivity contribution in [2.24, 2.45) is 0 Å². The largest absolute Gasteiger partial charge is 0.493 e. The van der Waals surface area contributed by atoms with Crippen LogP contribution < -0.4 is 4.74 Å². The van der Waals surface area contributed by atoms with E-state index in [9.17, 15) is 4.79 Å². The number of aldehydes is 1. The smallest absolute Gasteiger partial charge is 0.150 e. The van der Waals surface area contributed by atoms with Gasteiger partial charge in [-0.05, 0) is 36.2 Å². The van der Waals surface area contributed by atoms with Gasteiger partial charge in [0.2, 0.25) is 0 Å². The molecule has 0 unspecified atom stereocenters. The van der Waals surface area contributed by atoms with E-state index in [1.165, 1.54) is 5.56 Å². The molecular weight excluding hydrogens is 224 g/mol. The summed E-state index contributed by atoms with van der Waals surface area (Å²) in [5, 5.41) is 0. The van der Waals surface area contributed by atoms with Crippen LogP contribution in [0.5, 0.6) is 5.75 Å². The van der Waals surface area contributed by atoms with Crippen LogP contribution in [-0.2, 0) is 6.42 Å². The molecule has 0 N–H and O–H groups in total. The first kappa shape index (κ1) is 12.4. The summed E-state index contributed by atoms with van der Waals surface area (Å²) in [4.78, 5) is 10.7. The predicted octanol–water partition coefficient (Wildman–Crippen LogP) is 3.43. The predicted molar refractivity (Wildman–Crippen MR) is 72.2 cm³/mol. The maximum absolute atomic E-state index is 10.7. The number of aryl methyl sites for hydroxylation is 1. The fourth-order valence-corrected chi connectivity index (χ4v) is 1.80. The van der Waals surface area contributed by atoms with Crippen LogP contribution in [0.15, 0.2) is 48.5 Å². The van der Waals surface area contributed by atoms with Crippen LogP contribution in [0.25, 0.3) is 0 Å². The van der Waals surface area contributed by atoms with Crippen LogP contribution in [0, 0.1) is 6.92 Å². The molecule has 2 aromatic rings. The van der Waals surface area contributed by atoms with Gasteiger partial charge in [-0.15, -0.1) is 0 Å². The molecule has 2 aromatic carbocycles. The highest BCUT2D eigenvalue weighted by Crippen LogP contribution is 2.16. The maximum Gasteiger partial charge on any atom is 0.150 e. The molecule has 2 rings (SSSR count). The highest BCUT2D eigenvalue weighted by Gasteiger charge is 2.00. The van der Waals surface area contributed by atoms with E-state index in [2.05, 4.69) is 12.1 Å². The van der Waals surface area contributed by atoms with Crippen molar-refractivity contribution in [1.29, 1.82) is 0 Å². The Balaban J connectivity index is 1.91. The van der Waals surface area contributed by atoms with Crippen LogP contribution in [0.2, 0.25) is 0 Å². The number of carbonyl (C=O) groups excluding carboxylic acids is 1.